The van der Waals surface area contributed by atoms with Crippen LogP contribution in [0.2, 0.25) is 0 Å². The Morgan fingerprint density at radius 2 is 2.23 bits per heavy atom. The highest BCUT2D eigenvalue weighted by atomic mass is 16.5. The van der Waals surface area contributed by atoms with E-state index in [4.69, 9.17) is 4.74 Å². The fourth-order valence-electron chi connectivity index (χ4n) is 2.84. The molecule has 5 nitrogen and oxygen atoms in total. The Balaban J connectivity index is 2.00. The highest BCUT2D eigenvalue weighted by Gasteiger charge is 2.29. The summed E-state index contributed by atoms with van der Waals surface area (Å²) in [5.41, 5.74) is 1.72. The molecule has 2 rings (SSSR count). The third-order valence-electron chi connectivity index (χ3n) is 4.18. The van der Waals surface area contributed by atoms with E-state index in [1.54, 1.807) is 0 Å². The van der Waals surface area contributed by atoms with Gasteiger partial charge in [0.2, 0.25) is 0 Å². The van der Waals surface area contributed by atoms with E-state index < -0.39 is 0 Å². The highest BCUT2D eigenvalue weighted by molar-refractivity contribution is 5.93. The zero-order valence-electron chi connectivity index (χ0n) is 14.3. The maximum atomic E-state index is 12.8. The summed E-state index contributed by atoms with van der Waals surface area (Å²) in [6, 6.07) is 1.96. The molecule has 2 heterocycles. The van der Waals surface area contributed by atoms with E-state index in [1.807, 2.05) is 22.6 Å². The SMILES string of the molecule is CCCOC[C@@H]1CCN(C(=O)c2cc(C(C)C)nn2CC)C1. The lowest BCUT2D eigenvalue weighted by Gasteiger charge is -2.17. The van der Waals surface area contributed by atoms with E-state index in [1.165, 1.54) is 0 Å². The second-order valence-corrected chi connectivity index (χ2v) is 6.41. The van der Waals surface area contributed by atoms with Crippen LogP contribution in [0.5, 0.6) is 0 Å². The molecule has 1 aliphatic rings. The fraction of sp³-hybridized carbons (Fsp3) is 0.765. The van der Waals surface area contributed by atoms with Gasteiger partial charge in [-0.25, -0.2) is 0 Å². The number of hydrogen-bond acceptors (Lipinski definition) is 3. The van der Waals surface area contributed by atoms with E-state index in [-0.39, 0.29) is 5.91 Å². The van der Waals surface area contributed by atoms with E-state index in [2.05, 4.69) is 25.9 Å². The van der Waals surface area contributed by atoms with Crippen molar-refractivity contribution >= 4 is 5.91 Å². The van der Waals surface area contributed by atoms with Crippen LogP contribution < -0.4 is 0 Å². The monoisotopic (exact) mass is 307 g/mol. The van der Waals surface area contributed by atoms with Crippen LogP contribution in [-0.2, 0) is 11.3 Å². The first-order valence-electron chi connectivity index (χ1n) is 8.51. The van der Waals surface area contributed by atoms with Gasteiger partial charge in [0.05, 0.1) is 12.3 Å². The third-order valence-corrected chi connectivity index (χ3v) is 4.18. The summed E-state index contributed by atoms with van der Waals surface area (Å²) in [5.74, 6) is 0.922. The second-order valence-electron chi connectivity index (χ2n) is 6.41. The zero-order valence-corrected chi connectivity index (χ0v) is 14.3. The molecule has 0 unspecified atom stereocenters. The lowest BCUT2D eigenvalue weighted by molar-refractivity contribution is 0.0743. The Labute approximate surface area is 133 Å². The second kappa shape index (κ2) is 7.77. The lowest BCUT2D eigenvalue weighted by atomic mass is 10.1. The van der Waals surface area contributed by atoms with Gasteiger partial charge in [-0.2, -0.15) is 5.10 Å². The predicted molar refractivity (Wildman–Crippen MR) is 87.1 cm³/mol. The van der Waals surface area contributed by atoms with Crippen molar-refractivity contribution in [3.63, 3.8) is 0 Å². The van der Waals surface area contributed by atoms with Crippen LogP contribution in [0.15, 0.2) is 6.07 Å². The van der Waals surface area contributed by atoms with Crippen LogP contribution in [-0.4, -0.2) is 46.9 Å². The highest BCUT2D eigenvalue weighted by Crippen LogP contribution is 2.21. The molecule has 0 N–H and O–H groups in total. The van der Waals surface area contributed by atoms with Crippen LogP contribution in [0.1, 0.15) is 62.6 Å². The number of aryl methyl sites for hydroxylation is 1. The molecule has 1 aromatic heterocycles. The molecule has 0 spiro atoms. The number of likely N-dealkylation sites (tertiary alicyclic amines) is 1. The summed E-state index contributed by atoms with van der Waals surface area (Å²) in [6.07, 6.45) is 2.08. The summed E-state index contributed by atoms with van der Waals surface area (Å²) in [5, 5.41) is 4.54. The van der Waals surface area contributed by atoms with Gasteiger partial charge < -0.3 is 9.64 Å². The number of aromatic nitrogens is 2. The molecule has 124 valence electrons. The molecule has 0 radical (unpaired) electrons. The summed E-state index contributed by atoms with van der Waals surface area (Å²) in [6.45, 7) is 12.3. The van der Waals surface area contributed by atoms with Crippen molar-refractivity contribution in [1.82, 2.24) is 14.7 Å². The minimum atomic E-state index is 0.110. The van der Waals surface area contributed by atoms with Crippen LogP contribution >= 0.6 is 0 Å². The molecular weight excluding hydrogens is 278 g/mol. The summed E-state index contributed by atoms with van der Waals surface area (Å²) in [7, 11) is 0. The summed E-state index contributed by atoms with van der Waals surface area (Å²) in [4.78, 5) is 14.7. The first-order valence-corrected chi connectivity index (χ1v) is 8.51. The first-order chi connectivity index (χ1) is 10.6. The van der Waals surface area contributed by atoms with Crippen LogP contribution in [0.4, 0.5) is 0 Å². The Bertz CT molecular complexity index is 496. The van der Waals surface area contributed by atoms with Crippen LogP contribution in [0.25, 0.3) is 0 Å². The number of amides is 1. The predicted octanol–water partition coefficient (Wildman–Crippen LogP) is 2.92. The molecular formula is C17H29N3O2. The summed E-state index contributed by atoms with van der Waals surface area (Å²) < 4.78 is 7.46. The average molecular weight is 307 g/mol. The number of ether oxygens (including phenoxy) is 1. The number of nitrogens with zero attached hydrogens (tertiary/aromatic N) is 3. The fourth-order valence-corrected chi connectivity index (χ4v) is 2.84. The Morgan fingerprint density at radius 1 is 1.45 bits per heavy atom. The van der Waals surface area contributed by atoms with Crippen molar-refractivity contribution in [3.8, 4) is 0 Å². The molecule has 1 aromatic rings. The molecule has 1 saturated heterocycles. The molecule has 1 atom stereocenters. The van der Waals surface area contributed by atoms with E-state index in [0.717, 1.165) is 57.1 Å². The zero-order chi connectivity index (χ0) is 16.1. The largest absolute Gasteiger partial charge is 0.381 e. The van der Waals surface area contributed by atoms with Gasteiger partial charge in [0.25, 0.3) is 5.91 Å². The van der Waals surface area contributed by atoms with Gasteiger partial charge in [-0.15, -0.1) is 0 Å². The smallest absolute Gasteiger partial charge is 0.272 e. The Kier molecular flexibility index (Phi) is 6.00. The average Bonchev–Trinajstić information content (AvgIpc) is 3.13. The summed E-state index contributed by atoms with van der Waals surface area (Å²) >= 11 is 0. The van der Waals surface area contributed by atoms with Gasteiger partial charge in [0.15, 0.2) is 0 Å². The molecule has 1 aliphatic heterocycles. The molecule has 0 saturated carbocycles. The molecule has 0 bridgehead atoms. The minimum absolute atomic E-state index is 0.110. The molecule has 22 heavy (non-hydrogen) atoms. The molecule has 5 heteroatoms. The maximum absolute atomic E-state index is 12.8. The molecule has 0 aliphatic carbocycles. The van der Waals surface area contributed by atoms with E-state index in [0.29, 0.717) is 11.8 Å². The van der Waals surface area contributed by atoms with Gasteiger partial charge in [0.1, 0.15) is 5.69 Å². The number of carbonyl (C=O) groups is 1. The van der Waals surface area contributed by atoms with Gasteiger partial charge in [-0.1, -0.05) is 20.8 Å². The van der Waals surface area contributed by atoms with Gasteiger partial charge in [-0.3, -0.25) is 9.48 Å². The van der Waals surface area contributed by atoms with Crippen LogP contribution in [0.3, 0.4) is 0 Å². The van der Waals surface area contributed by atoms with Gasteiger partial charge >= 0.3 is 0 Å². The third kappa shape index (κ3) is 3.88. The normalized spacial score (nSPS) is 18.4. The quantitative estimate of drug-likeness (QED) is 0.728. The number of carbonyl (C=O) groups excluding carboxylic acids is 1. The van der Waals surface area contributed by atoms with Crippen molar-refractivity contribution in [3.05, 3.63) is 17.5 Å². The minimum Gasteiger partial charge on any atom is -0.381 e. The molecule has 1 amide bonds. The number of rotatable bonds is 7. The number of hydrogen-bond donors (Lipinski definition) is 0. The van der Waals surface area contributed by atoms with Crippen LogP contribution in [0, 0.1) is 5.92 Å². The first kappa shape index (κ1) is 17.0. The molecule has 1 fully saturated rings. The van der Waals surface area contributed by atoms with Crippen molar-refractivity contribution in [2.24, 2.45) is 5.92 Å². The van der Waals surface area contributed by atoms with Crippen molar-refractivity contribution < 1.29 is 9.53 Å². The molecule has 0 aromatic carbocycles. The van der Waals surface area contributed by atoms with E-state index in [9.17, 15) is 4.79 Å². The van der Waals surface area contributed by atoms with E-state index >= 15 is 0 Å². The topological polar surface area (TPSA) is 47.4 Å². The van der Waals surface area contributed by atoms with Crippen molar-refractivity contribution in [2.45, 2.75) is 53.0 Å². The standard InChI is InChI=1S/C17H29N3O2/c1-5-9-22-12-14-7-8-19(11-14)17(21)16-10-15(13(3)4)18-20(16)6-2/h10,13-14H,5-9,11-12H2,1-4H3/t14-/m1/s1. The Morgan fingerprint density at radius 3 is 2.86 bits per heavy atom. The lowest BCUT2D eigenvalue weighted by Crippen LogP contribution is -2.31. The van der Waals surface area contributed by atoms with Gasteiger partial charge in [-0.05, 0) is 31.7 Å². The van der Waals surface area contributed by atoms with Crippen molar-refractivity contribution in [2.75, 3.05) is 26.3 Å². The Hall–Kier alpha value is -1.36. The van der Waals surface area contributed by atoms with Gasteiger partial charge in [0, 0.05) is 32.2 Å². The van der Waals surface area contributed by atoms with Crippen molar-refractivity contribution in [1.29, 1.82) is 0 Å². The maximum Gasteiger partial charge on any atom is 0.272 e.